The highest BCUT2D eigenvalue weighted by Gasteiger charge is 2.90. The Morgan fingerprint density at radius 3 is 2.56 bits per heavy atom. The fraction of sp³-hybridized carbons (Fsp3) is 0.690. The number of cyclic esters (lactones) is 1. The second-order valence-corrected chi connectivity index (χ2v) is 12.8. The number of hydrogen-bond acceptors (Lipinski definition) is 10. The van der Waals surface area contributed by atoms with Crippen LogP contribution < -0.4 is 0 Å². The van der Waals surface area contributed by atoms with Gasteiger partial charge in [-0.1, -0.05) is 19.9 Å². The summed E-state index contributed by atoms with van der Waals surface area (Å²) in [7, 11) is 1.31. The van der Waals surface area contributed by atoms with E-state index in [1.807, 2.05) is 27.7 Å². The number of aliphatic hydroxyl groups is 1. The third-order valence-electron chi connectivity index (χ3n) is 10.8. The number of carbonyl (C=O) groups excluding carboxylic acids is 3. The van der Waals surface area contributed by atoms with Gasteiger partial charge < -0.3 is 33.2 Å². The predicted molar refractivity (Wildman–Crippen MR) is 133 cm³/mol. The predicted octanol–water partition coefficient (Wildman–Crippen LogP) is 2.88. The van der Waals surface area contributed by atoms with Crippen molar-refractivity contribution in [1.82, 2.24) is 0 Å². The maximum Gasteiger partial charge on any atom is 0.339 e. The van der Waals surface area contributed by atoms with Crippen molar-refractivity contribution < 1.29 is 47.6 Å². The molecule has 212 valence electrons. The third kappa shape index (κ3) is 3.11. The summed E-state index contributed by atoms with van der Waals surface area (Å²) in [5, 5.41) is 12.1. The number of rotatable bonds is 4. The van der Waals surface area contributed by atoms with Crippen LogP contribution in [0.25, 0.3) is 0 Å². The number of carbonyl (C=O) groups is 3. The van der Waals surface area contributed by atoms with Crippen LogP contribution in [-0.2, 0) is 38.1 Å². The molecule has 0 aromatic carbocycles. The Kier molecular flexibility index (Phi) is 5.56. The molecule has 1 spiro atoms. The number of furan rings is 1. The lowest BCUT2D eigenvalue weighted by molar-refractivity contribution is -0.271. The largest absolute Gasteiger partial charge is 0.472 e. The molecule has 0 bridgehead atoms. The summed E-state index contributed by atoms with van der Waals surface area (Å²) in [4.78, 5) is 38.3. The van der Waals surface area contributed by atoms with Gasteiger partial charge in [0.25, 0.3) is 0 Å². The number of hydrogen-bond donors (Lipinski definition) is 1. The molecular formula is C29H36O10. The van der Waals surface area contributed by atoms with Crippen molar-refractivity contribution in [3.05, 3.63) is 36.3 Å². The molecule has 5 aliphatic rings. The molecule has 2 saturated carbocycles. The first-order chi connectivity index (χ1) is 18.3. The number of epoxide rings is 1. The van der Waals surface area contributed by atoms with Crippen LogP contribution >= 0.6 is 0 Å². The molecule has 3 saturated heterocycles. The minimum atomic E-state index is -1.18. The molecule has 6 rings (SSSR count). The average molecular weight is 545 g/mol. The van der Waals surface area contributed by atoms with Gasteiger partial charge >= 0.3 is 17.9 Å². The molecule has 1 aromatic rings. The lowest BCUT2D eigenvalue weighted by atomic mass is 9.37. The summed E-state index contributed by atoms with van der Waals surface area (Å²) in [5.74, 6) is -2.38. The summed E-state index contributed by atoms with van der Waals surface area (Å²) in [6.07, 6.45) is 3.78. The normalized spacial score (nSPS) is 47.3. The molecule has 0 radical (unpaired) electrons. The van der Waals surface area contributed by atoms with Crippen molar-refractivity contribution in [1.29, 1.82) is 0 Å². The van der Waals surface area contributed by atoms with Crippen LogP contribution in [0.5, 0.6) is 0 Å². The monoisotopic (exact) mass is 544 g/mol. The lowest BCUT2D eigenvalue weighted by Gasteiger charge is -2.67. The van der Waals surface area contributed by atoms with Crippen LogP contribution in [0.4, 0.5) is 0 Å². The van der Waals surface area contributed by atoms with Gasteiger partial charge in [0.1, 0.15) is 17.8 Å². The van der Waals surface area contributed by atoms with Gasteiger partial charge in [-0.3, -0.25) is 4.79 Å². The molecule has 10 nitrogen and oxygen atoms in total. The first kappa shape index (κ1) is 26.5. The highest BCUT2D eigenvalue weighted by atomic mass is 16.7. The molecule has 3 aliphatic heterocycles. The Morgan fingerprint density at radius 2 is 1.92 bits per heavy atom. The highest BCUT2D eigenvalue weighted by Crippen LogP contribution is 2.80. The topological polar surface area (TPSA) is 134 Å². The van der Waals surface area contributed by atoms with Gasteiger partial charge in [-0.25, -0.2) is 9.59 Å². The standard InChI is InChI=1S/C29H36O10/c1-15(30)37-22-19(32)20-25(2,3)36-14-28(20,11-8-18(31)34-6)17-7-10-26(4)21(16-9-12-35-13-16)38-24(33)23-29(26,39-23)27(17,22)5/h8-9,11-13,17,19-23,32H,7,10,14H2,1-6H3/b11-8+/t17-,19+,20+,21+,22+,23-,26-,27-,28+,29-/m0/s1. The van der Waals surface area contributed by atoms with Crippen LogP contribution in [0.1, 0.15) is 59.1 Å². The average Bonchev–Trinajstić information content (AvgIpc) is 3.33. The second-order valence-electron chi connectivity index (χ2n) is 12.8. The van der Waals surface area contributed by atoms with Gasteiger partial charge in [0.2, 0.25) is 0 Å². The quantitative estimate of drug-likeness (QED) is 0.261. The summed E-state index contributed by atoms with van der Waals surface area (Å²) in [5.41, 5.74) is -3.82. The molecule has 0 unspecified atom stereocenters. The van der Waals surface area contributed by atoms with E-state index < -0.39 is 75.7 Å². The van der Waals surface area contributed by atoms with Crippen molar-refractivity contribution >= 4 is 17.9 Å². The number of esters is 3. The first-order valence-electron chi connectivity index (χ1n) is 13.5. The summed E-state index contributed by atoms with van der Waals surface area (Å²) in [6, 6.07) is 1.78. The van der Waals surface area contributed by atoms with E-state index in [1.54, 1.807) is 18.4 Å². The van der Waals surface area contributed by atoms with E-state index in [1.165, 1.54) is 26.4 Å². The van der Waals surface area contributed by atoms with Crippen molar-refractivity contribution in [2.75, 3.05) is 13.7 Å². The zero-order valence-corrected chi connectivity index (χ0v) is 23.1. The SMILES string of the molecule is COC(=O)/C=C/[C@]12COC(C)(C)[C@H]1[C@@H](O)[C@@H](OC(C)=O)[C@]1(C)[C@@H]2CC[C@@]2(C)[C@@H](c3ccoc3)OC(=O)[C@@H]3O[C@]312. The maximum absolute atomic E-state index is 13.4. The van der Waals surface area contributed by atoms with Crippen LogP contribution in [-0.4, -0.2) is 66.2 Å². The van der Waals surface area contributed by atoms with E-state index in [4.69, 9.17) is 28.1 Å². The maximum atomic E-state index is 13.4. The van der Waals surface area contributed by atoms with E-state index in [2.05, 4.69) is 0 Å². The number of ether oxygens (including phenoxy) is 5. The van der Waals surface area contributed by atoms with Gasteiger partial charge in [-0.05, 0) is 38.7 Å². The molecule has 4 heterocycles. The molecule has 10 atom stereocenters. The van der Waals surface area contributed by atoms with E-state index in [0.717, 1.165) is 0 Å². The molecule has 5 fully saturated rings. The van der Waals surface area contributed by atoms with Gasteiger partial charge in [0, 0.05) is 40.7 Å². The minimum Gasteiger partial charge on any atom is -0.472 e. The Morgan fingerprint density at radius 1 is 1.18 bits per heavy atom. The molecule has 39 heavy (non-hydrogen) atoms. The van der Waals surface area contributed by atoms with E-state index in [0.29, 0.717) is 18.4 Å². The van der Waals surface area contributed by atoms with Gasteiger partial charge in [0.05, 0.1) is 37.9 Å². The number of methoxy groups -OCH3 is 1. The fourth-order valence-corrected chi connectivity index (χ4v) is 9.39. The van der Waals surface area contributed by atoms with Crippen molar-refractivity contribution in [2.45, 2.75) is 83.1 Å². The zero-order chi connectivity index (χ0) is 28.2. The zero-order valence-electron chi connectivity index (χ0n) is 23.1. The fourth-order valence-electron chi connectivity index (χ4n) is 9.39. The molecular weight excluding hydrogens is 508 g/mol. The Labute approximate surface area is 226 Å². The van der Waals surface area contributed by atoms with Gasteiger partial charge in [0.15, 0.2) is 6.10 Å². The summed E-state index contributed by atoms with van der Waals surface area (Å²) < 4.78 is 35.0. The van der Waals surface area contributed by atoms with E-state index >= 15 is 0 Å². The molecule has 2 aliphatic carbocycles. The second kappa shape index (κ2) is 8.17. The molecule has 0 amide bonds. The summed E-state index contributed by atoms with van der Waals surface area (Å²) >= 11 is 0. The summed E-state index contributed by atoms with van der Waals surface area (Å²) in [6.45, 7) is 9.33. The van der Waals surface area contributed by atoms with Crippen LogP contribution in [0.3, 0.4) is 0 Å². The molecule has 10 heteroatoms. The molecule has 1 N–H and O–H groups in total. The molecule has 1 aromatic heterocycles. The van der Waals surface area contributed by atoms with Gasteiger partial charge in [-0.15, -0.1) is 0 Å². The van der Waals surface area contributed by atoms with Crippen molar-refractivity contribution in [2.24, 2.45) is 28.1 Å². The Hall–Kier alpha value is -2.69. The minimum absolute atomic E-state index is 0.231. The Balaban J connectivity index is 1.58. The Bertz CT molecular complexity index is 1240. The van der Waals surface area contributed by atoms with Gasteiger partial charge in [-0.2, -0.15) is 0 Å². The van der Waals surface area contributed by atoms with Crippen LogP contribution in [0.2, 0.25) is 0 Å². The van der Waals surface area contributed by atoms with E-state index in [-0.39, 0.29) is 12.5 Å². The lowest BCUT2D eigenvalue weighted by Crippen LogP contribution is -2.75. The van der Waals surface area contributed by atoms with Crippen LogP contribution in [0, 0.1) is 28.1 Å². The van der Waals surface area contributed by atoms with Crippen molar-refractivity contribution in [3.63, 3.8) is 0 Å². The van der Waals surface area contributed by atoms with Crippen LogP contribution in [0.15, 0.2) is 35.2 Å². The third-order valence-corrected chi connectivity index (χ3v) is 10.8. The van der Waals surface area contributed by atoms with E-state index in [9.17, 15) is 19.5 Å². The van der Waals surface area contributed by atoms with Crippen molar-refractivity contribution in [3.8, 4) is 0 Å². The number of aliphatic hydroxyl groups excluding tert-OH is 1. The first-order valence-corrected chi connectivity index (χ1v) is 13.5. The highest BCUT2D eigenvalue weighted by molar-refractivity contribution is 5.83. The smallest absolute Gasteiger partial charge is 0.339 e. The number of fused-ring (bicyclic) bond motifs is 3.